The highest BCUT2D eigenvalue weighted by atomic mass is 16.8. The maximum atomic E-state index is 10.5. The fourth-order valence-electron chi connectivity index (χ4n) is 3.25. The number of ether oxygens (including phenoxy) is 4. The molecule has 0 bridgehead atoms. The number of benzene rings is 2. The standard InChI is InChI=1S/C20H22O6/c21-16-17(22)20(23-11-13-7-3-1-4-8-13)25-15-12-24-19(26-18(15)16)14-9-5-2-6-10-14/h1-10,15-22H,11-12H2/t15?,16-,17-,18?,19+,20-/m1/s1. The molecule has 26 heavy (non-hydrogen) atoms. The summed E-state index contributed by atoms with van der Waals surface area (Å²) in [4.78, 5) is 0. The molecular formula is C20H22O6. The molecule has 0 aliphatic carbocycles. The van der Waals surface area contributed by atoms with E-state index in [4.69, 9.17) is 18.9 Å². The van der Waals surface area contributed by atoms with Gasteiger partial charge in [0.25, 0.3) is 0 Å². The fraction of sp³-hybridized carbons (Fsp3) is 0.400. The maximum Gasteiger partial charge on any atom is 0.187 e. The van der Waals surface area contributed by atoms with Crippen molar-refractivity contribution in [2.24, 2.45) is 0 Å². The monoisotopic (exact) mass is 358 g/mol. The Balaban J connectivity index is 1.40. The third-order valence-corrected chi connectivity index (χ3v) is 4.66. The molecule has 2 fully saturated rings. The average Bonchev–Trinajstić information content (AvgIpc) is 2.71. The van der Waals surface area contributed by atoms with E-state index in [1.165, 1.54) is 0 Å². The van der Waals surface area contributed by atoms with Crippen LogP contribution in [-0.2, 0) is 25.6 Å². The summed E-state index contributed by atoms with van der Waals surface area (Å²) in [6.07, 6.45) is -5.04. The van der Waals surface area contributed by atoms with Gasteiger partial charge in [-0.2, -0.15) is 0 Å². The highest BCUT2D eigenvalue weighted by Gasteiger charge is 2.49. The Labute approximate surface area is 151 Å². The second-order valence-electron chi connectivity index (χ2n) is 6.50. The Hall–Kier alpha value is -1.80. The zero-order valence-electron chi connectivity index (χ0n) is 14.2. The summed E-state index contributed by atoms with van der Waals surface area (Å²) in [5.74, 6) is 0. The minimum Gasteiger partial charge on any atom is -0.387 e. The summed E-state index contributed by atoms with van der Waals surface area (Å²) in [6, 6.07) is 19.1. The van der Waals surface area contributed by atoms with Gasteiger partial charge in [-0.05, 0) is 5.56 Å². The molecule has 2 aliphatic heterocycles. The van der Waals surface area contributed by atoms with E-state index in [0.717, 1.165) is 11.1 Å². The van der Waals surface area contributed by atoms with Gasteiger partial charge in [-0.15, -0.1) is 0 Å². The quantitative estimate of drug-likeness (QED) is 0.867. The van der Waals surface area contributed by atoms with E-state index in [2.05, 4.69) is 0 Å². The van der Waals surface area contributed by atoms with E-state index in [0.29, 0.717) is 0 Å². The summed E-state index contributed by atoms with van der Waals surface area (Å²) in [6.45, 7) is 0.528. The van der Waals surface area contributed by atoms with Gasteiger partial charge in [0.15, 0.2) is 12.6 Å². The maximum absolute atomic E-state index is 10.5. The van der Waals surface area contributed by atoms with Gasteiger partial charge in [0.05, 0.1) is 13.2 Å². The van der Waals surface area contributed by atoms with Crippen molar-refractivity contribution in [3.05, 3.63) is 71.8 Å². The first kappa shape index (κ1) is 17.6. The number of hydrogen-bond donors (Lipinski definition) is 2. The molecule has 4 rings (SSSR count). The summed E-state index contributed by atoms with van der Waals surface area (Å²) in [5.41, 5.74) is 1.82. The van der Waals surface area contributed by atoms with Crippen LogP contribution < -0.4 is 0 Å². The number of fused-ring (bicyclic) bond motifs is 1. The highest BCUT2D eigenvalue weighted by molar-refractivity contribution is 5.17. The van der Waals surface area contributed by atoms with Crippen LogP contribution in [0.1, 0.15) is 17.4 Å². The zero-order chi connectivity index (χ0) is 17.9. The summed E-state index contributed by atoms with van der Waals surface area (Å²) in [7, 11) is 0. The van der Waals surface area contributed by atoms with Gasteiger partial charge in [0, 0.05) is 5.56 Å². The molecule has 2 aromatic carbocycles. The lowest BCUT2D eigenvalue weighted by atomic mass is 9.98. The molecule has 0 radical (unpaired) electrons. The number of aliphatic hydroxyl groups excluding tert-OH is 2. The predicted octanol–water partition coefficient (Wildman–Crippen LogP) is 1.76. The molecule has 6 heteroatoms. The van der Waals surface area contributed by atoms with Gasteiger partial charge < -0.3 is 29.2 Å². The minimum atomic E-state index is -1.20. The van der Waals surface area contributed by atoms with E-state index in [1.54, 1.807) is 0 Å². The minimum absolute atomic E-state index is 0.249. The third kappa shape index (κ3) is 3.66. The van der Waals surface area contributed by atoms with Crippen molar-refractivity contribution in [3.63, 3.8) is 0 Å². The van der Waals surface area contributed by atoms with Gasteiger partial charge in [-0.1, -0.05) is 60.7 Å². The Morgan fingerprint density at radius 2 is 1.58 bits per heavy atom. The van der Waals surface area contributed by atoms with Crippen LogP contribution in [0.4, 0.5) is 0 Å². The molecule has 0 spiro atoms. The van der Waals surface area contributed by atoms with Gasteiger partial charge >= 0.3 is 0 Å². The van der Waals surface area contributed by atoms with Crippen LogP contribution in [0.2, 0.25) is 0 Å². The molecule has 138 valence electrons. The molecule has 0 amide bonds. The van der Waals surface area contributed by atoms with Crippen LogP contribution in [0, 0.1) is 0 Å². The molecule has 6 atom stereocenters. The van der Waals surface area contributed by atoms with Gasteiger partial charge in [0.2, 0.25) is 0 Å². The Morgan fingerprint density at radius 1 is 0.885 bits per heavy atom. The third-order valence-electron chi connectivity index (χ3n) is 4.66. The molecular weight excluding hydrogens is 336 g/mol. The molecule has 6 nitrogen and oxygen atoms in total. The molecule has 0 saturated carbocycles. The first-order valence-electron chi connectivity index (χ1n) is 8.71. The number of rotatable bonds is 4. The van der Waals surface area contributed by atoms with Crippen molar-refractivity contribution in [2.45, 2.75) is 43.6 Å². The van der Waals surface area contributed by atoms with Crippen molar-refractivity contribution in [1.82, 2.24) is 0 Å². The molecule has 0 aromatic heterocycles. The molecule has 2 saturated heterocycles. The number of hydrogen-bond acceptors (Lipinski definition) is 6. The van der Waals surface area contributed by atoms with Crippen LogP contribution >= 0.6 is 0 Å². The molecule has 2 N–H and O–H groups in total. The van der Waals surface area contributed by atoms with Crippen molar-refractivity contribution < 1.29 is 29.2 Å². The summed E-state index contributed by atoms with van der Waals surface area (Å²) in [5, 5.41) is 20.9. The Kier molecular flexibility index (Phi) is 5.31. The highest BCUT2D eigenvalue weighted by Crippen LogP contribution is 2.34. The smallest absolute Gasteiger partial charge is 0.187 e. The van der Waals surface area contributed by atoms with E-state index in [9.17, 15) is 10.2 Å². The van der Waals surface area contributed by atoms with E-state index < -0.39 is 37.0 Å². The normalized spacial score (nSPS) is 34.2. The van der Waals surface area contributed by atoms with E-state index in [1.807, 2.05) is 60.7 Å². The van der Waals surface area contributed by atoms with Crippen molar-refractivity contribution >= 4 is 0 Å². The number of aliphatic hydroxyl groups is 2. The Morgan fingerprint density at radius 3 is 2.31 bits per heavy atom. The van der Waals surface area contributed by atoms with Crippen LogP contribution in [0.3, 0.4) is 0 Å². The molecule has 2 unspecified atom stereocenters. The zero-order valence-corrected chi connectivity index (χ0v) is 14.2. The van der Waals surface area contributed by atoms with Crippen LogP contribution in [0.15, 0.2) is 60.7 Å². The Bertz CT molecular complexity index is 692. The first-order chi connectivity index (χ1) is 12.7. The van der Waals surface area contributed by atoms with Gasteiger partial charge in [-0.3, -0.25) is 0 Å². The summed E-state index contributed by atoms with van der Waals surface area (Å²) >= 11 is 0. The van der Waals surface area contributed by atoms with Crippen LogP contribution in [0.5, 0.6) is 0 Å². The average molecular weight is 358 g/mol. The topological polar surface area (TPSA) is 77.4 Å². The van der Waals surface area contributed by atoms with Crippen molar-refractivity contribution in [1.29, 1.82) is 0 Å². The molecule has 2 heterocycles. The van der Waals surface area contributed by atoms with Gasteiger partial charge in [0.1, 0.15) is 24.4 Å². The van der Waals surface area contributed by atoms with Crippen molar-refractivity contribution in [3.8, 4) is 0 Å². The van der Waals surface area contributed by atoms with E-state index in [-0.39, 0.29) is 13.2 Å². The lowest BCUT2D eigenvalue weighted by Crippen LogP contribution is -2.62. The lowest BCUT2D eigenvalue weighted by molar-refractivity contribution is -0.362. The lowest BCUT2D eigenvalue weighted by Gasteiger charge is -2.46. The predicted molar refractivity (Wildman–Crippen MR) is 91.9 cm³/mol. The second kappa shape index (κ2) is 7.84. The van der Waals surface area contributed by atoms with Gasteiger partial charge in [-0.25, -0.2) is 0 Å². The fourth-order valence-corrected chi connectivity index (χ4v) is 3.25. The molecule has 2 aliphatic rings. The second-order valence-corrected chi connectivity index (χ2v) is 6.50. The summed E-state index contributed by atoms with van der Waals surface area (Å²) < 4.78 is 23.1. The largest absolute Gasteiger partial charge is 0.387 e. The van der Waals surface area contributed by atoms with E-state index >= 15 is 0 Å². The SMILES string of the molecule is O[C@H]1[C@H](OCc2ccccc2)OC2CO[C@H](c3ccccc3)OC2[C@@H]1O. The first-order valence-corrected chi connectivity index (χ1v) is 8.71. The van der Waals surface area contributed by atoms with Crippen LogP contribution in [0.25, 0.3) is 0 Å². The molecule has 2 aromatic rings. The van der Waals surface area contributed by atoms with Crippen LogP contribution in [-0.4, -0.2) is 47.5 Å². The van der Waals surface area contributed by atoms with Crippen molar-refractivity contribution in [2.75, 3.05) is 6.61 Å².